The van der Waals surface area contributed by atoms with Crippen LogP contribution < -0.4 is 5.32 Å². The zero-order chi connectivity index (χ0) is 9.10. The van der Waals surface area contributed by atoms with Crippen molar-refractivity contribution in [3.63, 3.8) is 0 Å². The van der Waals surface area contributed by atoms with E-state index in [4.69, 9.17) is 0 Å². The second-order valence-corrected chi connectivity index (χ2v) is 3.89. The van der Waals surface area contributed by atoms with E-state index in [0.717, 1.165) is 13.0 Å². The lowest BCUT2D eigenvalue weighted by atomic mass is 10.4. The minimum absolute atomic E-state index is 0.0117. The SMILES string of the molecule is O=C1NCCC1Sc1ncccn1. The second-order valence-electron chi connectivity index (χ2n) is 2.72. The number of carbonyl (C=O) groups is 1. The molecule has 68 valence electrons. The maximum absolute atomic E-state index is 11.2. The summed E-state index contributed by atoms with van der Waals surface area (Å²) >= 11 is 1.43. The highest BCUT2D eigenvalue weighted by Crippen LogP contribution is 2.23. The van der Waals surface area contributed by atoms with E-state index in [9.17, 15) is 4.79 Å². The summed E-state index contributed by atoms with van der Waals surface area (Å²) in [7, 11) is 0. The van der Waals surface area contributed by atoms with Crippen molar-refractivity contribution in [3.8, 4) is 0 Å². The van der Waals surface area contributed by atoms with E-state index >= 15 is 0 Å². The highest BCUT2D eigenvalue weighted by molar-refractivity contribution is 8.00. The van der Waals surface area contributed by atoms with Gasteiger partial charge in [-0.2, -0.15) is 0 Å². The van der Waals surface area contributed by atoms with Crippen LogP contribution >= 0.6 is 11.8 Å². The van der Waals surface area contributed by atoms with Crippen molar-refractivity contribution in [2.75, 3.05) is 6.54 Å². The Kier molecular flexibility index (Phi) is 2.44. The Morgan fingerprint density at radius 2 is 2.23 bits per heavy atom. The van der Waals surface area contributed by atoms with E-state index in [2.05, 4.69) is 15.3 Å². The van der Waals surface area contributed by atoms with Gasteiger partial charge < -0.3 is 5.32 Å². The summed E-state index contributed by atoms with van der Waals surface area (Å²) in [5, 5.41) is 3.43. The fraction of sp³-hybridized carbons (Fsp3) is 0.375. The first-order chi connectivity index (χ1) is 6.36. The highest BCUT2D eigenvalue weighted by atomic mass is 32.2. The Balaban J connectivity index is 2.02. The number of rotatable bonds is 2. The van der Waals surface area contributed by atoms with Crippen LogP contribution in [0.15, 0.2) is 23.6 Å². The van der Waals surface area contributed by atoms with Crippen LogP contribution in [0.2, 0.25) is 0 Å². The first-order valence-corrected chi connectivity index (χ1v) is 4.95. The average molecular weight is 195 g/mol. The molecule has 1 aliphatic rings. The fourth-order valence-electron chi connectivity index (χ4n) is 1.16. The first kappa shape index (κ1) is 8.50. The van der Waals surface area contributed by atoms with Crippen LogP contribution in [-0.4, -0.2) is 27.7 Å². The quantitative estimate of drug-likeness (QED) is 0.696. The molecule has 5 heteroatoms. The maximum atomic E-state index is 11.2. The number of aromatic nitrogens is 2. The number of thioether (sulfide) groups is 1. The van der Waals surface area contributed by atoms with Crippen LogP contribution in [-0.2, 0) is 4.79 Å². The van der Waals surface area contributed by atoms with E-state index in [0.29, 0.717) is 5.16 Å². The summed E-state index contributed by atoms with van der Waals surface area (Å²) in [5.41, 5.74) is 0. The fourth-order valence-corrected chi connectivity index (χ4v) is 2.08. The van der Waals surface area contributed by atoms with Crippen LogP contribution in [0.4, 0.5) is 0 Å². The zero-order valence-corrected chi connectivity index (χ0v) is 7.75. The first-order valence-electron chi connectivity index (χ1n) is 4.07. The molecule has 0 bridgehead atoms. The average Bonchev–Trinajstić information content (AvgIpc) is 2.54. The molecule has 2 rings (SSSR count). The Hall–Kier alpha value is -1.10. The highest BCUT2D eigenvalue weighted by Gasteiger charge is 2.25. The summed E-state index contributed by atoms with van der Waals surface area (Å²) in [6.45, 7) is 0.767. The van der Waals surface area contributed by atoms with Crippen LogP contribution in [0.25, 0.3) is 0 Å². The molecule has 0 aromatic carbocycles. The van der Waals surface area contributed by atoms with Gasteiger partial charge in [0.1, 0.15) is 0 Å². The van der Waals surface area contributed by atoms with Gasteiger partial charge >= 0.3 is 0 Å². The molecular formula is C8H9N3OS. The summed E-state index contributed by atoms with van der Waals surface area (Å²) in [6.07, 6.45) is 4.23. The van der Waals surface area contributed by atoms with Crippen molar-refractivity contribution in [3.05, 3.63) is 18.5 Å². The Morgan fingerprint density at radius 1 is 1.46 bits per heavy atom. The van der Waals surface area contributed by atoms with E-state index in [1.54, 1.807) is 18.5 Å². The second kappa shape index (κ2) is 3.74. The Bertz CT molecular complexity index is 304. The Labute approximate surface area is 80.2 Å². The predicted octanol–water partition coefficient (Wildman–Crippen LogP) is 0.457. The Morgan fingerprint density at radius 3 is 2.85 bits per heavy atom. The summed E-state index contributed by atoms with van der Waals surface area (Å²) in [4.78, 5) is 19.3. The lowest BCUT2D eigenvalue weighted by Gasteiger charge is -2.03. The van der Waals surface area contributed by atoms with Crippen molar-refractivity contribution in [2.45, 2.75) is 16.8 Å². The van der Waals surface area contributed by atoms with Crippen molar-refractivity contribution in [1.29, 1.82) is 0 Å². The van der Waals surface area contributed by atoms with Gasteiger partial charge in [-0.15, -0.1) is 0 Å². The van der Waals surface area contributed by atoms with Crippen molar-refractivity contribution in [1.82, 2.24) is 15.3 Å². The van der Waals surface area contributed by atoms with Crippen LogP contribution in [0.5, 0.6) is 0 Å². The van der Waals surface area contributed by atoms with Crippen molar-refractivity contribution >= 4 is 17.7 Å². The molecule has 0 saturated carbocycles. The number of hydrogen-bond acceptors (Lipinski definition) is 4. The molecule has 1 amide bonds. The standard InChI is InChI=1S/C8H9N3OS/c12-7-6(2-5-9-7)13-8-10-3-1-4-11-8/h1,3-4,6H,2,5H2,(H,9,12). The van der Waals surface area contributed by atoms with E-state index in [-0.39, 0.29) is 11.2 Å². The molecule has 0 radical (unpaired) electrons. The molecule has 1 atom stereocenters. The molecule has 2 heterocycles. The van der Waals surface area contributed by atoms with Gasteiger partial charge in [-0.1, -0.05) is 11.8 Å². The minimum Gasteiger partial charge on any atom is -0.355 e. The molecule has 4 nitrogen and oxygen atoms in total. The lowest BCUT2D eigenvalue weighted by Crippen LogP contribution is -2.20. The monoisotopic (exact) mass is 195 g/mol. The smallest absolute Gasteiger partial charge is 0.233 e. The van der Waals surface area contributed by atoms with Crippen molar-refractivity contribution in [2.24, 2.45) is 0 Å². The third-order valence-corrected chi connectivity index (χ3v) is 2.94. The van der Waals surface area contributed by atoms with Gasteiger partial charge in [-0.05, 0) is 12.5 Å². The summed E-state index contributed by atoms with van der Waals surface area (Å²) in [5.74, 6) is 0.0949. The number of carbonyl (C=O) groups excluding carboxylic acids is 1. The molecule has 0 spiro atoms. The van der Waals surface area contributed by atoms with Gasteiger partial charge in [0.15, 0.2) is 5.16 Å². The van der Waals surface area contributed by atoms with Crippen LogP contribution in [0.1, 0.15) is 6.42 Å². The largest absolute Gasteiger partial charge is 0.355 e. The predicted molar refractivity (Wildman–Crippen MR) is 49.3 cm³/mol. The molecular weight excluding hydrogens is 186 g/mol. The van der Waals surface area contributed by atoms with Gasteiger partial charge in [0.25, 0.3) is 0 Å². The van der Waals surface area contributed by atoms with Gasteiger partial charge in [0.2, 0.25) is 5.91 Å². The lowest BCUT2D eigenvalue weighted by molar-refractivity contribution is -0.118. The number of hydrogen-bond donors (Lipinski definition) is 1. The molecule has 1 aromatic heterocycles. The number of amides is 1. The van der Waals surface area contributed by atoms with Crippen LogP contribution in [0, 0.1) is 0 Å². The molecule has 1 fully saturated rings. The van der Waals surface area contributed by atoms with Gasteiger partial charge in [0, 0.05) is 18.9 Å². The minimum atomic E-state index is -0.0117. The van der Waals surface area contributed by atoms with Gasteiger partial charge in [0.05, 0.1) is 5.25 Å². The van der Waals surface area contributed by atoms with Crippen LogP contribution in [0.3, 0.4) is 0 Å². The molecule has 1 aliphatic heterocycles. The molecule has 0 aliphatic carbocycles. The summed E-state index contributed by atoms with van der Waals surface area (Å²) in [6, 6.07) is 1.76. The van der Waals surface area contributed by atoms with E-state index in [1.165, 1.54) is 11.8 Å². The third kappa shape index (κ3) is 1.98. The van der Waals surface area contributed by atoms with E-state index < -0.39 is 0 Å². The number of nitrogens with zero attached hydrogens (tertiary/aromatic N) is 2. The molecule has 1 unspecified atom stereocenters. The molecule has 13 heavy (non-hydrogen) atoms. The van der Waals surface area contributed by atoms with Crippen molar-refractivity contribution < 1.29 is 4.79 Å². The topological polar surface area (TPSA) is 54.9 Å². The van der Waals surface area contributed by atoms with E-state index in [1.807, 2.05) is 0 Å². The molecule has 1 N–H and O–H groups in total. The molecule has 1 aromatic rings. The van der Waals surface area contributed by atoms with Gasteiger partial charge in [-0.3, -0.25) is 4.79 Å². The normalized spacial score (nSPS) is 21.5. The zero-order valence-electron chi connectivity index (χ0n) is 6.93. The summed E-state index contributed by atoms with van der Waals surface area (Å²) < 4.78 is 0. The molecule has 1 saturated heterocycles. The third-order valence-electron chi connectivity index (χ3n) is 1.79. The maximum Gasteiger partial charge on any atom is 0.233 e. The number of nitrogens with one attached hydrogen (secondary N) is 1. The van der Waals surface area contributed by atoms with Gasteiger partial charge in [-0.25, -0.2) is 9.97 Å².